The molecule has 0 fully saturated rings. The quantitative estimate of drug-likeness (QED) is 0.765. The summed E-state index contributed by atoms with van der Waals surface area (Å²) in [6.07, 6.45) is 1.26. The Hall–Kier alpha value is -2.63. The van der Waals surface area contributed by atoms with Crippen molar-refractivity contribution in [1.82, 2.24) is 20.3 Å². The van der Waals surface area contributed by atoms with Gasteiger partial charge in [-0.3, -0.25) is 4.79 Å². The van der Waals surface area contributed by atoms with Crippen molar-refractivity contribution in [2.24, 2.45) is 0 Å². The van der Waals surface area contributed by atoms with Crippen molar-refractivity contribution in [3.63, 3.8) is 0 Å². The van der Waals surface area contributed by atoms with Crippen molar-refractivity contribution < 1.29 is 9.21 Å². The van der Waals surface area contributed by atoms with Gasteiger partial charge in [0.1, 0.15) is 5.82 Å². The first kappa shape index (κ1) is 12.4. The minimum Gasteiger partial charge on any atom is -0.438 e. The smallest absolute Gasteiger partial charge is 0.289 e. The van der Waals surface area contributed by atoms with E-state index in [4.69, 9.17) is 4.42 Å². The van der Waals surface area contributed by atoms with E-state index in [-0.39, 0.29) is 17.7 Å². The molecule has 0 spiro atoms. The number of oxazole rings is 1. The summed E-state index contributed by atoms with van der Waals surface area (Å²) in [4.78, 5) is 23.6. The van der Waals surface area contributed by atoms with Gasteiger partial charge in [0, 0.05) is 0 Å². The second kappa shape index (κ2) is 4.80. The highest BCUT2D eigenvalue weighted by atomic mass is 16.3. The Balaban J connectivity index is 1.80. The molecule has 0 saturated carbocycles. The number of aryl methyl sites for hydroxylation is 1. The molecule has 0 aliphatic heterocycles. The largest absolute Gasteiger partial charge is 0.438 e. The van der Waals surface area contributed by atoms with E-state index >= 15 is 0 Å². The molecule has 3 aromatic rings. The maximum atomic E-state index is 12.0. The van der Waals surface area contributed by atoms with E-state index in [0.717, 1.165) is 11.0 Å². The SMILES string of the molecule is Cc1ncoc1C(=O)NC(C)c1nc2ccccc2[nH]1. The number of H-pyrrole nitrogens is 1. The number of aromatic amines is 1. The van der Waals surface area contributed by atoms with Crippen LogP contribution in [-0.2, 0) is 0 Å². The van der Waals surface area contributed by atoms with Crippen LogP contribution in [0.4, 0.5) is 0 Å². The van der Waals surface area contributed by atoms with Gasteiger partial charge >= 0.3 is 0 Å². The van der Waals surface area contributed by atoms with Crippen molar-refractivity contribution >= 4 is 16.9 Å². The Labute approximate surface area is 115 Å². The summed E-state index contributed by atoms with van der Waals surface area (Å²) < 4.78 is 5.07. The molecule has 1 aromatic carbocycles. The fourth-order valence-electron chi connectivity index (χ4n) is 2.03. The minimum atomic E-state index is -0.298. The molecule has 2 aromatic heterocycles. The van der Waals surface area contributed by atoms with Crippen LogP contribution in [0.1, 0.15) is 35.0 Å². The lowest BCUT2D eigenvalue weighted by Gasteiger charge is -2.09. The average Bonchev–Trinajstić information content (AvgIpc) is 3.04. The third-order valence-corrected chi connectivity index (χ3v) is 3.12. The monoisotopic (exact) mass is 270 g/mol. The number of carbonyl (C=O) groups is 1. The van der Waals surface area contributed by atoms with Crippen LogP contribution in [0.3, 0.4) is 0 Å². The number of fused-ring (bicyclic) bond motifs is 1. The molecule has 0 aliphatic carbocycles. The van der Waals surface area contributed by atoms with Gasteiger partial charge in [0.2, 0.25) is 5.76 Å². The van der Waals surface area contributed by atoms with Gasteiger partial charge in [-0.05, 0) is 26.0 Å². The molecule has 2 N–H and O–H groups in total. The van der Waals surface area contributed by atoms with Gasteiger partial charge in [-0.25, -0.2) is 9.97 Å². The van der Waals surface area contributed by atoms with Gasteiger partial charge in [0.05, 0.1) is 22.8 Å². The molecule has 1 amide bonds. The van der Waals surface area contributed by atoms with E-state index in [1.165, 1.54) is 6.39 Å². The van der Waals surface area contributed by atoms with Crippen LogP contribution in [0.2, 0.25) is 0 Å². The van der Waals surface area contributed by atoms with E-state index in [0.29, 0.717) is 11.5 Å². The summed E-state index contributed by atoms with van der Waals surface area (Å²) in [6, 6.07) is 7.48. The second-order valence-electron chi connectivity index (χ2n) is 4.60. The fourth-order valence-corrected chi connectivity index (χ4v) is 2.03. The molecule has 6 heteroatoms. The van der Waals surface area contributed by atoms with E-state index in [1.807, 2.05) is 31.2 Å². The number of para-hydroxylation sites is 2. The van der Waals surface area contributed by atoms with Crippen LogP contribution in [-0.4, -0.2) is 20.9 Å². The van der Waals surface area contributed by atoms with Crippen LogP contribution in [0.5, 0.6) is 0 Å². The average molecular weight is 270 g/mol. The number of amides is 1. The van der Waals surface area contributed by atoms with E-state index < -0.39 is 0 Å². The van der Waals surface area contributed by atoms with Crippen LogP contribution in [0.25, 0.3) is 11.0 Å². The predicted molar refractivity (Wildman–Crippen MR) is 73.2 cm³/mol. The van der Waals surface area contributed by atoms with Crippen LogP contribution < -0.4 is 5.32 Å². The maximum absolute atomic E-state index is 12.0. The van der Waals surface area contributed by atoms with E-state index in [1.54, 1.807) is 6.92 Å². The van der Waals surface area contributed by atoms with Gasteiger partial charge in [-0.2, -0.15) is 0 Å². The number of carbonyl (C=O) groups excluding carboxylic acids is 1. The second-order valence-corrected chi connectivity index (χ2v) is 4.60. The molecule has 6 nitrogen and oxygen atoms in total. The third kappa shape index (κ3) is 2.16. The van der Waals surface area contributed by atoms with Gasteiger partial charge in [0.15, 0.2) is 6.39 Å². The number of hydrogen-bond donors (Lipinski definition) is 2. The van der Waals surface area contributed by atoms with Gasteiger partial charge in [-0.15, -0.1) is 0 Å². The molecular formula is C14H14N4O2. The van der Waals surface area contributed by atoms with Crippen LogP contribution >= 0.6 is 0 Å². The first-order valence-electron chi connectivity index (χ1n) is 6.31. The number of imidazole rings is 1. The Bertz CT molecular complexity index is 726. The predicted octanol–water partition coefficient (Wildman–Crippen LogP) is 2.35. The zero-order valence-corrected chi connectivity index (χ0v) is 11.2. The fraction of sp³-hybridized carbons (Fsp3) is 0.214. The number of rotatable bonds is 3. The topological polar surface area (TPSA) is 83.8 Å². The molecule has 0 radical (unpaired) electrons. The van der Waals surface area contributed by atoms with Crippen LogP contribution in [0.15, 0.2) is 35.1 Å². The van der Waals surface area contributed by atoms with Crippen molar-refractivity contribution in [2.75, 3.05) is 0 Å². The van der Waals surface area contributed by atoms with Crippen molar-refractivity contribution in [1.29, 1.82) is 0 Å². The normalized spacial score (nSPS) is 12.5. The van der Waals surface area contributed by atoms with Gasteiger partial charge < -0.3 is 14.7 Å². The summed E-state index contributed by atoms with van der Waals surface area (Å²) in [5.41, 5.74) is 2.39. The standard InChI is InChI=1S/C14H14N4O2/c1-8-12(20-7-15-8)14(19)16-9(2)13-17-10-5-3-4-6-11(10)18-13/h3-7,9H,1-2H3,(H,16,19)(H,17,18). The molecule has 3 rings (SSSR count). The Morgan fingerprint density at radius 1 is 1.40 bits per heavy atom. The minimum absolute atomic E-state index is 0.230. The number of nitrogens with one attached hydrogen (secondary N) is 2. The zero-order chi connectivity index (χ0) is 14.1. The first-order chi connectivity index (χ1) is 9.65. The highest BCUT2D eigenvalue weighted by molar-refractivity contribution is 5.92. The Morgan fingerprint density at radius 3 is 2.90 bits per heavy atom. The lowest BCUT2D eigenvalue weighted by atomic mass is 10.3. The number of nitrogens with zero attached hydrogens (tertiary/aromatic N) is 2. The zero-order valence-electron chi connectivity index (χ0n) is 11.2. The van der Waals surface area contributed by atoms with Gasteiger partial charge in [0.25, 0.3) is 5.91 Å². The van der Waals surface area contributed by atoms with Gasteiger partial charge in [-0.1, -0.05) is 12.1 Å². The van der Waals surface area contributed by atoms with E-state index in [2.05, 4.69) is 20.3 Å². The number of hydrogen-bond acceptors (Lipinski definition) is 4. The maximum Gasteiger partial charge on any atom is 0.289 e. The molecule has 0 saturated heterocycles. The van der Waals surface area contributed by atoms with Crippen molar-refractivity contribution in [3.05, 3.63) is 47.9 Å². The lowest BCUT2D eigenvalue weighted by molar-refractivity contribution is 0.0909. The lowest BCUT2D eigenvalue weighted by Crippen LogP contribution is -2.27. The highest BCUT2D eigenvalue weighted by Gasteiger charge is 2.18. The number of aromatic nitrogens is 3. The number of benzene rings is 1. The van der Waals surface area contributed by atoms with Crippen molar-refractivity contribution in [3.8, 4) is 0 Å². The molecular weight excluding hydrogens is 256 g/mol. The third-order valence-electron chi connectivity index (χ3n) is 3.12. The molecule has 2 heterocycles. The molecule has 0 bridgehead atoms. The summed E-state index contributed by atoms with van der Waals surface area (Å²) in [5.74, 6) is 0.637. The first-order valence-corrected chi connectivity index (χ1v) is 6.31. The summed E-state index contributed by atoms with van der Waals surface area (Å²) >= 11 is 0. The van der Waals surface area contributed by atoms with Crippen LogP contribution in [0, 0.1) is 6.92 Å². The molecule has 1 unspecified atom stereocenters. The Kier molecular flexibility index (Phi) is 2.98. The summed E-state index contributed by atoms with van der Waals surface area (Å²) in [6.45, 7) is 3.59. The summed E-state index contributed by atoms with van der Waals surface area (Å²) in [7, 11) is 0. The molecule has 1 atom stereocenters. The van der Waals surface area contributed by atoms with E-state index in [9.17, 15) is 4.79 Å². The molecule has 20 heavy (non-hydrogen) atoms. The molecule has 102 valence electrons. The highest BCUT2D eigenvalue weighted by Crippen LogP contribution is 2.16. The van der Waals surface area contributed by atoms with Crippen molar-refractivity contribution in [2.45, 2.75) is 19.9 Å². The Morgan fingerprint density at radius 2 is 2.20 bits per heavy atom. The molecule has 0 aliphatic rings. The summed E-state index contributed by atoms with van der Waals surface area (Å²) in [5, 5.41) is 2.83.